The lowest BCUT2D eigenvalue weighted by Gasteiger charge is -2.13. The van der Waals surface area contributed by atoms with E-state index >= 15 is 0 Å². The number of primary amides is 1. The molecule has 0 heterocycles. The zero-order chi connectivity index (χ0) is 28.3. The highest BCUT2D eigenvalue weighted by Gasteiger charge is 2.38. The summed E-state index contributed by atoms with van der Waals surface area (Å²) in [6.45, 7) is 6.19. The summed E-state index contributed by atoms with van der Waals surface area (Å²) in [6.07, 6.45) is -4.79. The molecule has 0 aliphatic rings. The number of methoxy groups -OCH3 is 1. The van der Waals surface area contributed by atoms with E-state index in [-0.39, 0.29) is 16.4 Å². The molecule has 3 rings (SSSR count). The Labute approximate surface area is 224 Å². The Kier molecular flexibility index (Phi) is 8.62. The first-order valence-electron chi connectivity index (χ1n) is 11.4. The van der Waals surface area contributed by atoms with Crippen molar-refractivity contribution in [1.82, 2.24) is 0 Å². The molecule has 3 aromatic carbocycles. The Morgan fingerprint density at radius 2 is 1.63 bits per heavy atom. The average Bonchev–Trinajstić information content (AvgIpc) is 2.85. The van der Waals surface area contributed by atoms with Crippen molar-refractivity contribution in [2.75, 3.05) is 7.11 Å². The summed E-state index contributed by atoms with van der Waals surface area (Å²) < 4.78 is 45.6. The fraction of sp³-hybridized carbons (Fsp3) is 0.179. The van der Waals surface area contributed by atoms with Crippen LogP contribution in [0.15, 0.2) is 60.7 Å². The number of ether oxygens (including phenoxy) is 1. The lowest BCUT2D eigenvalue weighted by atomic mass is 9.98. The molecule has 5 nitrogen and oxygen atoms in total. The fourth-order valence-corrected chi connectivity index (χ4v) is 4.30. The summed E-state index contributed by atoms with van der Waals surface area (Å²) in [7, 11) is -0.488. The second-order valence-corrected chi connectivity index (χ2v) is 14.6. The van der Waals surface area contributed by atoms with E-state index in [2.05, 4.69) is 31.1 Å². The van der Waals surface area contributed by atoms with Gasteiger partial charge in [-0.2, -0.15) is 13.2 Å². The predicted octanol–water partition coefficient (Wildman–Crippen LogP) is 5.83. The molecule has 0 fully saturated rings. The number of rotatable bonds is 5. The van der Waals surface area contributed by atoms with Crippen molar-refractivity contribution in [1.29, 1.82) is 5.41 Å². The Balaban J connectivity index is 2.09. The Morgan fingerprint density at radius 3 is 2.21 bits per heavy atom. The maximum atomic E-state index is 13.6. The van der Waals surface area contributed by atoms with Crippen molar-refractivity contribution in [3.05, 3.63) is 99.1 Å². The van der Waals surface area contributed by atoms with Crippen LogP contribution in [0, 0.1) is 16.9 Å². The smallest absolute Gasteiger partial charge is 0.417 e. The average molecular weight is 558 g/mol. The maximum absolute atomic E-state index is 13.6. The quantitative estimate of drug-likeness (QED) is 0.136. The first-order valence-corrected chi connectivity index (χ1v) is 15.3. The fourth-order valence-electron chi connectivity index (χ4n) is 3.52. The largest absolute Gasteiger partial charge is 0.465 e. The van der Waals surface area contributed by atoms with Crippen LogP contribution in [0.4, 0.5) is 18.9 Å². The SMILES string of the molecule is COC(=O)c1ccc(C(=N)c2ccc(C#C[Si](C)(C)C)cc2[NH2+]C(=O)c2c(Cl)cccc2C(F)(F)F)cc1. The molecule has 0 spiro atoms. The predicted molar refractivity (Wildman–Crippen MR) is 143 cm³/mol. The first-order chi connectivity index (χ1) is 17.7. The lowest BCUT2D eigenvalue weighted by Crippen LogP contribution is -2.83. The minimum absolute atomic E-state index is 0.000347. The minimum Gasteiger partial charge on any atom is -0.465 e. The number of carbonyl (C=O) groups excluding carboxylic acids is 2. The lowest BCUT2D eigenvalue weighted by molar-refractivity contribution is -0.464. The summed E-state index contributed by atoms with van der Waals surface area (Å²) in [5, 5.41) is 9.47. The summed E-state index contributed by atoms with van der Waals surface area (Å²) in [5.41, 5.74) is 3.19. The van der Waals surface area contributed by atoms with Crippen molar-refractivity contribution in [3.63, 3.8) is 0 Å². The maximum Gasteiger partial charge on any atom is 0.417 e. The van der Waals surface area contributed by atoms with Gasteiger partial charge in [0.1, 0.15) is 19.3 Å². The number of halogens is 4. The van der Waals surface area contributed by atoms with Crippen LogP contribution in [0.25, 0.3) is 0 Å². The molecule has 3 aromatic rings. The number of nitrogens with two attached hydrogens (primary N) is 1. The van der Waals surface area contributed by atoms with Gasteiger partial charge >= 0.3 is 18.1 Å². The summed E-state index contributed by atoms with van der Waals surface area (Å²) in [6, 6.07) is 14.1. The standard InChI is InChI=1S/C28H24ClF3N2O3Si/c1-37-27(36)19-11-9-18(10-12-19)25(33)20-13-8-17(14-15-38(2,3)4)16-23(20)34-26(35)24-21(28(30,31)32)6-5-7-22(24)29/h5-13,16,33H,1-4H3,(H,34,35)/p+1. The molecule has 38 heavy (non-hydrogen) atoms. The van der Waals surface area contributed by atoms with Gasteiger partial charge in [-0.25, -0.2) is 14.9 Å². The van der Waals surface area contributed by atoms with E-state index in [1.165, 1.54) is 25.3 Å². The second-order valence-electron chi connectivity index (χ2n) is 9.41. The summed E-state index contributed by atoms with van der Waals surface area (Å²) in [4.78, 5) is 25.0. The van der Waals surface area contributed by atoms with E-state index in [1.54, 1.807) is 30.3 Å². The van der Waals surface area contributed by atoms with E-state index in [9.17, 15) is 22.8 Å². The Bertz CT molecular complexity index is 1470. The molecule has 196 valence electrons. The molecule has 0 aliphatic carbocycles. The van der Waals surface area contributed by atoms with Gasteiger partial charge in [-0.3, -0.25) is 5.41 Å². The molecular weight excluding hydrogens is 533 g/mol. The zero-order valence-electron chi connectivity index (χ0n) is 21.1. The highest BCUT2D eigenvalue weighted by molar-refractivity contribution is 6.83. The molecule has 0 saturated carbocycles. The molecular formula is C28H25ClF3N2O3Si+. The number of esters is 1. The molecule has 0 aromatic heterocycles. The van der Waals surface area contributed by atoms with E-state index in [0.717, 1.165) is 17.4 Å². The number of amides is 1. The number of hydrogen-bond donors (Lipinski definition) is 2. The van der Waals surface area contributed by atoms with Gasteiger partial charge in [0.2, 0.25) is 0 Å². The molecule has 0 aliphatic heterocycles. The van der Waals surface area contributed by atoms with Gasteiger partial charge < -0.3 is 4.74 Å². The number of carbonyl (C=O) groups is 2. The molecule has 0 atom stereocenters. The highest BCUT2D eigenvalue weighted by atomic mass is 35.5. The zero-order valence-corrected chi connectivity index (χ0v) is 22.8. The van der Waals surface area contributed by atoms with E-state index in [4.69, 9.17) is 21.7 Å². The Morgan fingerprint density at radius 1 is 1.00 bits per heavy atom. The molecule has 10 heteroatoms. The van der Waals surface area contributed by atoms with Crippen LogP contribution in [-0.2, 0) is 10.9 Å². The van der Waals surface area contributed by atoms with Crippen molar-refractivity contribution >= 4 is 43.0 Å². The number of benzene rings is 3. The topological polar surface area (TPSA) is 83.8 Å². The normalized spacial score (nSPS) is 11.4. The van der Waals surface area contributed by atoms with Gasteiger partial charge in [-0.15, -0.1) is 5.54 Å². The first kappa shape index (κ1) is 28.9. The summed E-state index contributed by atoms with van der Waals surface area (Å²) in [5.74, 6) is 1.59. The van der Waals surface area contributed by atoms with Crippen molar-refractivity contribution in [2.45, 2.75) is 25.8 Å². The molecule has 3 N–H and O–H groups in total. The van der Waals surface area contributed by atoms with Crippen LogP contribution in [0.2, 0.25) is 24.7 Å². The molecule has 0 unspecified atom stereocenters. The molecule has 0 saturated heterocycles. The van der Waals surface area contributed by atoms with Crippen LogP contribution in [0.3, 0.4) is 0 Å². The van der Waals surface area contributed by atoms with Crippen molar-refractivity contribution in [2.24, 2.45) is 0 Å². The van der Waals surface area contributed by atoms with Crippen LogP contribution < -0.4 is 5.32 Å². The van der Waals surface area contributed by atoms with Crippen molar-refractivity contribution in [3.8, 4) is 11.5 Å². The number of quaternary nitrogens is 1. The van der Waals surface area contributed by atoms with E-state index in [0.29, 0.717) is 22.3 Å². The van der Waals surface area contributed by atoms with Gasteiger partial charge in [0, 0.05) is 17.2 Å². The van der Waals surface area contributed by atoms with Gasteiger partial charge in [-0.05, 0) is 36.4 Å². The summed E-state index contributed by atoms with van der Waals surface area (Å²) >= 11 is 6.04. The third kappa shape index (κ3) is 6.98. The highest BCUT2D eigenvalue weighted by Crippen LogP contribution is 2.34. The second kappa shape index (κ2) is 11.4. The number of hydrogen-bond acceptors (Lipinski definition) is 4. The van der Waals surface area contributed by atoms with Gasteiger partial charge in [0.25, 0.3) is 0 Å². The minimum atomic E-state index is -4.79. The molecule has 1 amide bonds. The van der Waals surface area contributed by atoms with Gasteiger partial charge in [0.05, 0.1) is 34.5 Å². The monoisotopic (exact) mass is 557 g/mol. The van der Waals surface area contributed by atoms with Gasteiger partial charge in [0.15, 0.2) is 0 Å². The van der Waals surface area contributed by atoms with Crippen LogP contribution in [0.1, 0.15) is 43.0 Å². The van der Waals surface area contributed by atoms with Crippen molar-refractivity contribution < 1.29 is 32.8 Å². The van der Waals surface area contributed by atoms with Gasteiger partial charge in [-0.1, -0.05) is 55.4 Å². The molecule has 0 radical (unpaired) electrons. The van der Waals surface area contributed by atoms with E-state index < -0.39 is 37.3 Å². The van der Waals surface area contributed by atoms with Crippen LogP contribution >= 0.6 is 11.6 Å². The van der Waals surface area contributed by atoms with Crippen LogP contribution in [0.5, 0.6) is 0 Å². The van der Waals surface area contributed by atoms with E-state index in [1.807, 2.05) is 0 Å². The Hall–Kier alpha value is -3.71. The van der Waals surface area contributed by atoms with Crippen LogP contribution in [-0.4, -0.2) is 32.8 Å². The third-order valence-corrected chi connectivity index (χ3v) is 6.54. The number of alkyl halides is 3. The number of nitrogens with one attached hydrogen (secondary N) is 1. The third-order valence-electron chi connectivity index (χ3n) is 5.35. The molecule has 0 bridgehead atoms.